The molecule has 1 aromatic carbocycles. The van der Waals surface area contributed by atoms with Crippen molar-refractivity contribution < 1.29 is 9.47 Å². The van der Waals surface area contributed by atoms with Crippen LogP contribution in [0.4, 0.5) is 0 Å². The molecule has 3 heteroatoms. The number of methoxy groups -OCH3 is 1. The van der Waals surface area contributed by atoms with Crippen LogP contribution in [0.5, 0.6) is 11.5 Å². The molecule has 104 valence electrons. The van der Waals surface area contributed by atoms with Crippen LogP contribution in [0.1, 0.15) is 31.7 Å². The summed E-state index contributed by atoms with van der Waals surface area (Å²) in [5.41, 5.74) is 1.15. The lowest BCUT2D eigenvalue weighted by Crippen LogP contribution is -2.15. The van der Waals surface area contributed by atoms with Gasteiger partial charge in [0, 0.05) is 24.6 Å². The van der Waals surface area contributed by atoms with Gasteiger partial charge in [0.25, 0.3) is 0 Å². The Labute approximate surface area is 116 Å². The normalized spacial score (nSPS) is 9.95. The summed E-state index contributed by atoms with van der Waals surface area (Å²) in [6.45, 7) is 4.60. The molecule has 1 aromatic rings. The third-order valence-corrected chi connectivity index (χ3v) is 2.74. The molecule has 0 atom stereocenters. The minimum Gasteiger partial charge on any atom is -0.497 e. The van der Waals surface area contributed by atoms with Gasteiger partial charge < -0.3 is 14.8 Å². The second-order valence-corrected chi connectivity index (χ2v) is 4.31. The Hall–Kier alpha value is -1.66. The first kappa shape index (κ1) is 15.4. The Morgan fingerprint density at radius 1 is 1.37 bits per heavy atom. The lowest BCUT2D eigenvalue weighted by atomic mass is 10.2. The molecule has 0 unspecified atom stereocenters. The Morgan fingerprint density at radius 3 is 2.89 bits per heavy atom. The summed E-state index contributed by atoms with van der Waals surface area (Å²) in [7, 11) is 1.66. The van der Waals surface area contributed by atoms with E-state index in [1.54, 1.807) is 7.11 Å². The quantitative estimate of drug-likeness (QED) is 0.547. The van der Waals surface area contributed by atoms with E-state index >= 15 is 0 Å². The van der Waals surface area contributed by atoms with Gasteiger partial charge >= 0.3 is 0 Å². The summed E-state index contributed by atoms with van der Waals surface area (Å²) >= 11 is 0. The fourth-order valence-corrected chi connectivity index (χ4v) is 1.70. The van der Waals surface area contributed by atoms with Gasteiger partial charge in [-0.1, -0.05) is 13.0 Å². The van der Waals surface area contributed by atoms with Gasteiger partial charge in [0.15, 0.2) is 0 Å². The van der Waals surface area contributed by atoms with Crippen LogP contribution in [0.3, 0.4) is 0 Å². The summed E-state index contributed by atoms with van der Waals surface area (Å²) in [5, 5.41) is 3.38. The molecule has 0 aromatic heterocycles. The summed E-state index contributed by atoms with van der Waals surface area (Å²) in [4.78, 5) is 0. The van der Waals surface area contributed by atoms with Crippen molar-refractivity contribution >= 4 is 0 Å². The second-order valence-electron chi connectivity index (χ2n) is 4.31. The van der Waals surface area contributed by atoms with Crippen LogP contribution in [0.15, 0.2) is 18.2 Å². The van der Waals surface area contributed by atoms with Gasteiger partial charge in [0.05, 0.1) is 13.7 Å². The first-order valence-corrected chi connectivity index (χ1v) is 6.75. The highest BCUT2D eigenvalue weighted by atomic mass is 16.5. The molecule has 0 fully saturated rings. The van der Waals surface area contributed by atoms with Crippen LogP contribution in [0, 0.1) is 12.3 Å². The van der Waals surface area contributed by atoms with E-state index < -0.39 is 0 Å². The molecule has 1 N–H and O–H groups in total. The standard InChI is InChI=1S/C16H23NO2/c1-4-6-7-11-19-16-12-15(18-3)9-8-14(16)13-17-10-5-2/h1,8-9,12,17H,5-7,10-11,13H2,2-3H3. The molecule has 0 heterocycles. The van der Waals surface area contributed by atoms with Crippen molar-refractivity contribution in [1.82, 2.24) is 5.32 Å². The van der Waals surface area contributed by atoms with Crippen LogP contribution in [0.2, 0.25) is 0 Å². The van der Waals surface area contributed by atoms with Crippen LogP contribution >= 0.6 is 0 Å². The maximum Gasteiger partial charge on any atom is 0.127 e. The van der Waals surface area contributed by atoms with Crippen molar-refractivity contribution in [2.24, 2.45) is 0 Å². The van der Waals surface area contributed by atoms with Crippen molar-refractivity contribution in [2.75, 3.05) is 20.3 Å². The van der Waals surface area contributed by atoms with Gasteiger partial charge in [-0.05, 0) is 25.5 Å². The Balaban J connectivity index is 2.63. The van der Waals surface area contributed by atoms with Gasteiger partial charge in [-0.25, -0.2) is 0 Å². The fraction of sp³-hybridized carbons (Fsp3) is 0.500. The number of benzene rings is 1. The van der Waals surface area contributed by atoms with E-state index in [9.17, 15) is 0 Å². The summed E-state index contributed by atoms with van der Waals surface area (Å²) < 4.78 is 11.0. The first-order chi connectivity index (χ1) is 9.31. The largest absolute Gasteiger partial charge is 0.497 e. The lowest BCUT2D eigenvalue weighted by molar-refractivity contribution is 0.306. The van der Waals surface area contributed by atoms with E-state index in [-0.39, 0.29) is 0 Å². The van der Waals surface area contributed by atoms with E-state index in [2.05, 4.69) is 18.2 Å². The zero-order valence-electron chi connectivity index (χ0n) is 11.9. The lowest BCUT2D eigenvalue weighted by Gasteiger charge is -2.13. The first-order valence-electron chi connectivity index (χ1n) is 6.75. The Morgan fingerprint density at radius 2 is 2.21 bits per heavy atom. The highest BCUT2D eigenvalue weighted by Crippen LogP contribution is 2.25. The molecule has 0 saturated heterocycles. The predicted octanol–water partition coefficient (Wildman–Crippen LogP) is 2.99. The van der Waals surface area contributed by atoms with E-state index in [1.807, 2.05) is 18.2 Å². The zero-order valence-corrected chi connectivity index (χ0v) is 11.9. The van der Waals surface area contributed by atoms with Crippen molar-refractivity contribution in [3.63, 3.8) is 0 Å². The highest BCUT2D eigenvalue weighted by Gasteiger charge is 2.05. The molecule has 19 heavy (non-hydrogen) atoms. The average Bonchev–Trinajstić information content (AvgIpc) is 2.45. The van der Waals surface area contributed by atoms with E-state index in [4.69, 9.17) is 15.9 Å². The molecule has 0 saturated carbocycles. The highest BCUT2D eigenvalue weighted by molar-refractivity contribution is 5.40. The number of hydrogen-bond acceptors (Lipinski definition) is 3. The topological polar surface area (TPSA) is 30.5 Å². The van der Waals surface area contributed by atoms with Crippen molar-refractivity contribution in [3.8, 4) is 23.8 Å². The number of rotatable bonds is 9. The maximum atomic E-state index is 5.80. The van der Waals surface area contributed by atoms with Gasteiger partial charge in [-0.3, -0.25) is 0 Å². The molecular weight excluding hydrogens is 238 g/mol. The number of terminal acetylenes is 1. The molecule has 1 rings (SSSR count). The average molecular weight is 261 g/mol. The van der Waals surface area contributed by atoms with Crippen molar-refractivity contribution in [3.05, 3.63) is 23.8 Å². The molecular formula is C16H23NO2. The predicted molar refractivity (Wildman–Crippen MR) is 78.6 cm³/mol. The van der Waals surface area contributed by atoms with E-state index in [0.29, 0.717) is 6.61 Å². The van der Waals surface area contributed by atoms with E-state index in [1.165, 1.54) is 0 Å². The molecule has 0 aliphatic heterocycles. The van der Waals surface area contributed by atoms with Crippen LogP contribution < -0.4 is 14.8 Å². The monoisotopic (exact) mass is 261 g/mol. The molecule has 0 spiro atoms. The maximum absolute atomic E-state index is 5.80. The molecule has 3 nitrogen and oxygen atoms in total. The van der Waals surface area contributed by atoms with Gasteiger partial charge in [0.2, 0.25) is 0 Å². The Kier molecular flexibility index (Phi) is 7.53. The number of nitrogens with one attached hydrogen (secondary N) is 1. The molecule has 0 amide bonds. The summed E-state index contributed by atoms with van der Waals surface area (Å²) in [5.74, 6) is 4.30. The summed E-state index contributed by atoms with van der Waals surface area (Å²) in [6, 6.07) is 5.92. The second kappa shape index (κ2) is 9.29. The third-order valence-electron chi connectivity index (χ3n) is 2.74. The number of hydrogen-bond donors (Lipinski definition) is 1. The van der Waals surface area contributed by atoms with Crippen LogP contribution in [-0.2, 0) is 6.54 Å². The molecule has 0 radical (unpaired) electrons. The van der Waals surface area contributed by atoms with Crippen molar-refractivity contribution in [2.45, 2.75) is 32.7 Å². The van der Waals surface area contributed by atoms with Crippen molar-refractivity contribution in [1.29, 1.82) is 0 Å². The fourth-order valence-electron chi connectivity index (χ4n) is 1.70. The zero-order chi connectivity index (χ0) is 13.9. The Bertz CT molecular complexity index is 410. The minimum absolute atomic E-state index is 0.637. The van der Waals surface area contributed by atoms with Gasteiger partial charge in [-0.15, -0.1) is 12.3 Å². The van der Waals surface area contributed by atoms with Gasteiger partial charge in [-0.2, -0.15) is 0 Å². The van der Waals surface area contributed by atoms with Crippen LogP contribution in [-0.4, -0.2) is 20.3 Å². The minimum atomic E-state index is 0.637. The SMILES string of the molecule is C#CCCCOc1cc(OC)ccc1CNCCC. The van der Waals surface area contributed by atoms with Crippen LogP contribution in [0.25, 0.3) is 0 Å². The molecule has 0 bridgehead atoms. The number of ether oxygens (including phenoxy) is 2. The molecule has 0 aliphatic carbocycles. The third kappa shape index (κ3) is 5.67. The molecule has 0 aliphatic rings. The summed E-state index contributed by atoms with van der Waals surface area (Å²) in [6.07, 6.45) is 7.96. The van der Waals surface area contributed by atoms with E-state index in [0.717, 1.165) is 49.4 Å². The number of unbranched alkanes of at least 4 members (excludes halogenated alkanes) is 1. The smallest absolute Gasteiger partial charge is 0.127 e. The van der Waals surface area contributed by atoms with Gasteiger partial charge in [0.1, 0.15) is 11.5 Å².